The molecule has 1 amide bonds. The van der Waals surface area contributed by atoms with Crippen molar-refractivity contribution in [3.63, 3.8) is 0 Å². The van der Waals surface area contributed by atoms with Crippen molar-refractivity contribution in [2.45, 2.75) is 65.3 Å². The Kier molecular flexibility index (Phi) is 7.67. The Balaban J connectivity index is 1.86. The van der Waals surface area contributed by atoms with E-state index >= 15 is 0 Å². The maximum Gasteiger partial charge on any atom is 0.270 e. The lowest BCUT2D eigenvalue weighted by Gasteiger charge is -2.39. The molecule has 0 radical (unpaired) electrons. The number of carbonyl (C=O) groups is 1. The van der Waals surface area contributed by atoms with Gasteiger partial charge in [-0.05, 0) is 45.3 Å². The number of hydrogen-bond acceptors (Lipinski definition) is 9. The monoisotopic (exact) mass is 550 g/mol. The van der Waals surface area contributed by atoms with Gasteiger partial charge >= 0.3 is 0 Å². The summed E-state index contributed by atoms with van der Waals surface area (Å²) in [4.78, 5) is 30.6. The standard InChI is InChI=1S/C24H30N4O5S3/c1-5-7-27-21(26-11-14(2)33-15(3)12-26)18(16(4)19(10-25)22(27)29)9-20-23(30)28(24(34)35-20)17-6-8-36(31,32)13-17/h9,14-15,17H,5-8,11-13H2,1-4H3. The van der Waals surface area contributed by atoms with E-state index in [1.54, 1.807) is 17.6 Å². The molecule has 0 saturated carbocycles. The average molecular weight is 551 g/mol. The molecule has 0 spiro atoms. The van der Waals surface area contributed by atoms with Gasteiger partial charge in [0, 0.05) is 25.2 Å². The first-order valence-corrected chi connectivity index (χ1v) is 15.1. The van der Waals surface area contributed by atoms with Gasteiger partial charge in [0.25, 0.3) is 11.5 Å². The third-order valence-electron chi connectivity index (χ3n) is 6.69. The van der Waals surface area contributed by atoms with E-state index in [-0.39, 0.29) is 40.7 Å². The quantitative estimate of drug-likeness (QED) is 0.403. The number of rotatable bonds is 5. The van der Waals surface area contributed by atoms with Crippen molar-refractivity contribution >= 4 is 55.9 Å². The van der Waals surface area contributed by atoms with Crippen molar-refractivity contribution in [3.05, 3.63) is 31.9 Å². The molecule has 0 N–H and O–H groups in total. The largest absolute Gasteiger partial charge is 0.372 e. The van der Waals surface area contributed by atoms with Crippen molar-refractivity contribution in [2.75, 3.05) is 29.5 Å². The smallest absolute Gasteiger partial charge is 0.270 e. The third kappa shape index (κ3) is 4.98. The molecule has 3 saturated heterocycles. The highest BCUT2D eigenvalue weighted by Crippen LogP contribution is 2.38. The Morgan fingerprint density at radius 1 is 1.25 bits per heavy atom. The molecule has 1 aromatic rings. The molecule has 1 aromatic heterocycles. The van der Waals surface area contributed by atoms with E-state index in [1.165, 1.54) is 4.90 Å². The molecule has 0 aromatic carbocycles. The Labute approximate surface area is 221 Å². The number of amides is 1. The van der Waals surface area contributed by atoms with Gasteiger partial charge in [-0.25, -0.2) is 8.42 Å². The number of thioether (sulfide) groups is 1. The predicted octanol–water partition coefficient (Wildman–Crippen LogP) is 2.44. The van der Waals surface area contributed by atoms with Crippen molar-refractivity contribution in [2.24, 2.45) is 0 Å². The van der Waals surface area contributed by atoms with Gasteiger partial charge in [0.15, 0.2) is 9.84 Å². The summed E-state index contributed by atoms with van der Waals surface area (Å²) in [5, 5.41) is 9.82. The van der Waals surface area contributed by atoms with Crippen molar-refractivity contribution in [1.29, 1.82) is 5.26 Å². The number of nitrogens with zero attached hydrogens (tertiary/aromatic N) is 4. The van der Waals surface area contributed by atoms with Crippen molar-refractivity contribution in [1.82, 2.24) is 9.47 Å². The fourth-order valence-electron chi connectivity index (χ4n) is 5.17. The van der Waals surface area contributed by atoms with Crippen LogP contribution in [-0.2, 0) is 25.9 Å². The molecule has 3 aliphatic heterocycles. The summed E-state index contributed by atoms with van der Waals surface area (Å²) in [5.41, 5.74) is 0.829. The number of anilines is 1. The third-order valence-corrected chi connectivity index (χ3v) is 9.77. The van der Waals surface area contributed by atoms with Crippen LogP contribution in [0.15, 0.2) is 9.70 Å². The number of morpholine rings is 1. The molecule has 36 heavy (non-hydrogen) atoms. The molecule has 3 aliphatic rings. The summed E-state index contributed by atoms with van der Waals surface area (Å²) in [6.45, 7) is 9.17. The number of pyridine rings is 1. The van der Waals surface area contributed by atoms with Crippen LogP contribution in [0.3, 0.4) is 0 Å². The summed E-state index contributed by atoms with van der Waals surface area (Å²) in [6, 6.07) is 1.58. The highest BCUT2D eigenvalue weighted by atomic mass is 32.2. The van der Waals surface area contributed by atoms with Gasteiger partial charge in [0.05, 0.1) is 34.7 Å². The number of carbonyl (C=O) groups excluding carboxylic acids is 1. The van der Waals surface area contributed by atoms with Crippen LogP contribution >= 0.6 is 24.0 Å². The van der Waals surface area contributed by atoms with E-state index in [9.17, 15) is 23.3 Å². The Hall–Kier alpha value is -2.20. The van der Waals surface area contributed by atoms with Gasteiger partial charge in [-0.15, -0.1) is 0 Å². The van der Waals surface area contributed by atoms with Gasteiger partial charge in [-0.3, -0.25) is 19.1 Å². The van der Waals surface area contributed by atoms with Gasteiger partial charge in [0.1, 0.15) is 21.8 Å². The van der Waals surface area contributed by atoms with Gasteiger partial charge in [-0.2, -0.15) is 5.26 Å². The highest BCUT2D eigenvalue weighted by molar-refractivity contribution is 8.26. The fraction of sp³-hybridized carbons (Fsp3) is 0.583. The highest BCUT2D eigenvalue weighted by Gasteiger charge is 2.42. The van der Waals surface area contributed by atoms with E-state index in [0.717, 1.165) is 11.8 Å². The van der Waals surface area contributed by atoms with E-state index in [2.05, 4.69) is 11.0 Å². The molecule has 0 bridgehead atoms. The SMILES string of the molecule is CCCn1c(N2CC(C)OC(C)C2)c(C=C2SC(=S)N(C3CCS(=O)(=O)C3)C2=O)c(C)c(C#N)c1=O. The maximum atomic E-state index is 13.4. The summed E-state index contributed by atoms with van der Waals surface area (Å²) >= 11 is 6.61. The molecule has 3 unspecified atom stereocenters. The normalized spacial score (nSPS) is 27.2. The molecule has 3 fully saturated rings. The Bertz CT molecular complexity index is 1330. The number of sulfone groups is 1. The van der Waals surface area contributed by atoms with Crippen LogP contribution in [0.2, 0.25) is 0 Å². The van der Waals surface area contributed by atoms with Crippen LogP contribution in [0.5, 0.6) is 0 Å². The van der Waals surface area contributed by atoms with Crippen LogP contribution in [0.4, 0.5) is 5.82 Å². The fourth-order valence-corrected chi connectivity index (χ4v) is 8.25. The number of aromatic nitrogens is 1. The van der Waals surface area contributed by atoms with Crippen molar-refractivity contribution in [3.8, 4) is 6.07 Å². The lowest BCUT2D eigenvalue weighted by Crippen LogP contribution is -2.48. The topological polar surface area (TPSA) is 113 Å². The average Bonchev–Trinajstić information content (AvgIpc) is 3.28. The predicted molar refractivity (Wildman–Crippen MR) is 145 cm³/mol. The summed E-state index contributed by atoms with van der Waals surface area (Å²) in [6.07, 6.45) is 2.63. The second-order valence-electron chi connectivity index (χ2n) is 9.58. The molecular formula is C24H30N4O5S3. The molecule has 0 aliphatic carbocycles. The first kappa shape index (κ1) is 26.9. The molecule has 4 heterocycles. The summed E-state index contributed by atoms with van der Waals surface area (Å²) in [5.74, 6) is 0.264. The van der Waals surface area contributed by atoms with Gasteiger partial charge in [0.2, 0.25) is 0 Å². The zero-order valence-corrected chi connectivity index (χ0v) is 23.3. The van der Waals surface area contributed by atoms with Gasteiger partial charge < -0.3 is 9.64 Å². The lowest BCUT2D eigenvalue weighted by molar-refractivity contribution is -0.123. The second kappa shape index (κ2) is 10.3. The Morgan fingerprint density at radius 3 is 2.47 bits per heavy atom. The first-order valence-electron chi connectivity index (χ1n) is 12.0. The van der Waals surface area contributed by atoms with E-state index < -0.39 is 15.9 Å². The second-order valence-corrected chi connectivity index (χ2v) is 13.5. The van der Waals surface area contributed by atoms with Crippen LogP contribution in [-0.4, -0.2) is 71.0 Å². The van der Waals surface area contributed by atoms with E-state index in [1.807, 2.05) is 20.8 Å². The molecule has 4 rings (SSSR count). The lowest BCUT2D eigenvalue weighted by atomic mass is 10.0. The van der Waals surface area contributed by atoms with Crippen molar-refractivity contribution < 1.29 is 17.9 Å². The summed E-state index contributed by atoms with van der Waals surface area (Å²) < 4.78 is 31.9. The molecule has 194 valence electrons. The maximum absolute atomic E-state index is 13.4. The number of hydrogen-bond donors (Lipinski definition) is 0. The van der Waals surface area contributed by atoms with Crippen LogP contribution in [0, 0.1) is 18.3 Å². The minimum Gasteiger partial charge on any atom is -0.372 e. The van der Waals surface area contributed by atoms with E-state index in [4.69, 9.17) is 17.0 Å². The molecule has 3 atom stereocenters. The number of thiocarbonyl (C=S) groups is 1. The minimum absolute atomic E-state index is 0.0396. The minimum atomic E-state index is -3.20. The molecule has 12 heteroatoms. The van der Waals surface area contributed by atoms with Gasteiger partial charge in [-0.1, -0.05) is 30.9 Å². The van der Waals surface area contributed by atoms with E-state index in [0.29, 0.717) is 58.6 Å². The first-order chi connectivity index (χ1) is 17.0. The Morgan fingerprint density at radius 2 is 1.92 bits per heavy atom. The number of ether oxygens (including phenoxy) is 1. The summed E-state index contributed by atoms with van der Waals surface area (Å²) in [7, 11) is -3.20. The zero-order chi connectivity index (χ0) is 26.4. The molecule has 9 nitrogen and oxygen atoms in total. The van der Waals surface area contributed by atoms with Crippen LogP contribution in [0.1, 0.15) is 50.3 Å². The molecular weight excluding hydrogens is 520 g/mol. The van der Waals surface area contributed by atoms with Crippen LogP contribution in [0.25, 0.3) is 6.08 Å². The zero-order valence-electron chi connectivity index (χ0n) is 20.8. The van der Waals surface area contributed by atoms with Crippen LogP contribution < -0.4 is 10.5 Å². The number of nitriles is 1.